The third-order valence-electron chi connectivity index (χ3n) is 4.21. The molecule has 0 bridgehead atoms. The number of amides is 1. The van der Waals surface area contributed by atoms with Gasteiger partial charge in [0.05, 0.1) is 9.92 Å². The standard InChI is InChI=1S/C21H17ClF2N2O3S/c22-18-13-16(8-11-19(18)24)25-21(27)20(12-14-4-2-1-3-5-14)26-30(28,29)17-9-6-15(23)7-10-17/h1-11,13,20,26H,12H2,(H,25,27)/t20-/m1/s1. The summed E-state index contributed by atoms with van der Waals surface area (Å²) in [6, 6.07) is 15.5. The van der Waals surface area contributed by atoms with E-state index in [-0.39, 0.29) is 22.0 Å². The summed E-state index contributed by atoms with van der Waals surface area (Å²) in [7, 11) is -4.11. The van der Waals surface area contributed by atoms with Crippen molar-refractivity contribution in [3.05, 3.63) is 95.0 Å². The van der Waals surface area contributed by atoms with E-state index in [2.05, 4.69) is 10.0 Å². The third-order valence-corrected chi connectivity index (χ3v) is 5.98. The van der Waals surface area contributed by atoms with Gasteiger partial charge in [-0.15, -0.1) is 0 Å². The van der Waals surface area contributed by atoms with Crippen LogP contribution in [0.25, 0.3) is 0 Å². The third kappa shape index (κ3) is 5.63. The molecule has 0 aromatic heterocycles. The van der Waals surface area contributed by atoms with Crippen LogP contribution in [0.1, 0.15) is 5.56 Å². The molecule has 3 rings (SSSR count). The lowest BCUT2D eigenvalue weighted by Crippen LogP contribution is -2.45. The molecular weight excluding hydrogens is 434 g/mol. The van der Waals surface area contributed by atoms with Gasteiger partial charge in [-0.05, 0) is 54.4 Å². The van der Waals surface area contributed by atoms with E-state index < -0.39 is 33.6 Å². The SMILES string of the molecule is O=C(Nc1ccc(F)c(Cl)c1)[C@@H](Cc1ccccc1)NS(=O)(=O)c1ccc(F)cc1. The molecule has 0 aliphatic heterocycles. The topological polar surface area (TPSA) is 75.3 Å². The van der Waals surface area contributed by atoms with E-state index in [1.165, 1.54) is 12.1 Å². The van der Waals surface area contributed by atoms with Crippen molar-refractivity contribution < 1.29 is 22.0 Å². The average Bonchev–Trinajstić information content (AvgIpc) is 2.71. The van der Waals surface area contributed by atoms with Crippen molar-refractivity contribution >= 4 is 33.2 Å². The Kier molecular flexibility index (Phi) is 6.81. The first-order valence-electron chi connectivity index (χ1n) is 8.82. The second-order valence-electron chi connectivity index (χ2n) is 6.44. The Morgan fingerprint density at radius 1 is 0.967 bits per heavy atom. The van der Waals surface area contributed by atoms with Gasteiger partial charge in [0.25, 0.3) is 0 Å². The van der Waals surface area contributed by atoms with Crippen LogP contribution in [0.5, 0.6) is 0 Å². The minimum absolute atomic E-state index is 0.0576. The second kappa shape index (κ2) is 9.34. The molecule has 0 aliphatic rings. The Hall–Kier alpha value is -2.81. The van der Waals surface area contributed by atoms with Crippen LogP contribution in [0.3, 0.4) is 0 Å². The van der Waals surface area contributed by atoms with Gasteiger partial charge in [-0.2, -0.15) is 4.72 Å². The van der Waals surface area contributed by atoms with Crippen LogP contribution in [0.15, 0.2) is 77.7 Å². The first kappa shape index (κ1) is 21.9. The first-order valence-corrected chi connectivity index (χ1v) is 10.7. The Morgan fingerprint density at radius 2 is 1.63 bits per heavy atom. The summed E-state index contributed by atoms with van der Waals surface area (Å²) in [5.41, 5.74) is 0.932. The number of benzene rings is 3. The van der Waals surface area contributed by atoms with E-state index in [0.29, 0.717) is 0 Å². The Morgan fingerprint density at radius 3 is 2.27 bits per heavy atom. The smallest absolute Gasteiger partial charge is 0.242 e. The molecule has 5 nitrogen and oxygen atoms in total. The van der Waals surface area contributed by atoms with Gasteiger partial charge >= 0.3 is 0 Å². The molecule has 3 aromatic rings. The number of carbonyl (C=O) groups is 1. The zero-order valence-corrected chi connectivity index (χ0v) is 17.1. The second-order valence-corrected chi connectivity index (χ2v) is 8.56. The lowest BCUT2D eigenvalue weighted by Gasteiger charge is -2.19. The van der Waals surface area contributed by atoms with Crippen molar-refractivity contribution in [1.82, 2.24) is 4.72 Å². The molecule has 0 aliphatic carbocycles. The summed E-state index contributed by atoms with van der Waals surface area (Å²) in [6.45, 7) is 0. The molecule has 30 heavy (non-hydrogen) atoms. The number of anilines is 1. The molecule has 0 spiro atoms. The van der Waals surface area contributed by atoms with Crippen molar-refractivity contribution in [2.75, 3.05) is 5.32 Å². The molecule has 3 aromatic carbocycles. The highest BCUT2D eigenvalue weighted by atomic mass is 35.5. The van der Waals surface area contributed by atoms with Gasteiger partial charge in [0.2, 0.25) is 15.9 Å². The van der Waals surface area contributed by atoms with E-state index in [1.54, 1.807) is 30.3 Å². The van der Waals surface area contributed by atoms with Crippen LogP contribution in [-0.2, 0) is 21.2 Å². The van der Waals surface area contributed by atoms with Crippen molar-refractivity contribution in [3.8, 4) is 0 Å². The van der Waals surface area contributed by atoms with Crippen molar-refractivity contribution in [2.24, 2.45) is 0 Å². The molecule has 156 valence electrons. The molecule has 0 fully saturated rings. The van der Waals surface area contributed by atoms with Gasteiger partial charge in [-0.3, -0.25) is 4.79 Å². The van der Waals surface area contributed by atoms with Gasteiger partial charge in [0.1, 0.15) is 17.7 Å². The predicted molar refractivity (Wildman–Crippen MR) is 111 cm³/mol. The van der Waals surface area contributed by atoms with E-state index in [1.807, 2.05) is 0 Å². The summed E-state index contributed by atoms with van der Waals surface area (Å²) in [5.74, 6) is -1.89. The van der Waals surface area contributed by atoms with Crippen LogP contribution >= 0.6 is 11.6 Å². The van der Waals surface area contributed by atoms with Crippen molar-refractivity contribution in [2.45, 2.75) is 17.4 Å². The number of hydrogen-bond acceptors (Lipinski definition) is 3. The predicted octanol–water partition coefficient (Wildman–Crippen LogP) is 4.15. The van der Waals surface area contributed by atoms with Crippen LogP contribution < -0.4 is 10.0 Å². The molecule has 0 heterocycles. The fraction of sp³-hybridized carbons (Fsp3) is 0.0952. The van der Waals surface area contributed by atoms with Crippen molar-refractivity contribution in [1.29, 1.82) is 0 Å². The number of halogens is 3. The molecule has 1 atom stereocenters. The lowest BCUT2D eigenvalue weighted by atomic mass is 10.1. The van der Waals surface area contributed by atoms with Gasteiger partial charge in [0.15, 0.2) is 0 Å². The normalized spacial score (nSPS) is 12.4. The zero-order chi connectivity index (χ0) is 21.7. The summed E-state index contributed by atoms with van der Waals surface area (Å²) in [6.07, 6.45) is 0.0576. The molecule has 2 N–H and O–H groups in total. The molecule has 1 amide bonds. The van der Waals surface area contributed by atoms with Crippen molar-refractivity contribution in [3.63, 3.8) is 0 Å². The quantitative estimate of drug-likeness (QED) is 0.568. The van der Waals surface area contributed by atoms with E-state index >= 15 is 0 Å². The number of hydrogen-bond donors (Lipinski definition) is 2. The molecule has 0 saturated carbocycles. The fourth-order valence-electron chi connectivity index (χ4n) is 2.71. The summed E-state index contributed by atoms with van der Waals surface area (Å²) >= 11 is 5.74. The highest BCUT2D eigenvalue weighted by molar-refractivity contribution is 7.89. The molecule has 9 heteroatoms. The largest absolute Gasteiger partial charge is 0.325 e. The monoisotopic (exact) mass is 450 g/mol. The number of nitrogens with one attached hydrogen (secondary N) is 2. The van der Waals surface area contributed by atoms with Gasteiger partial charge in [-0.25, -0.2) is 17.2 Å². The maximum Gasteiger partial charge on any atom is 0.242 e. The maximum atomic E-state index is 13.4. The molecule has 0 radical (unpaired) electrons. The zero-order valence-electron chi connectivity index (χ0n) is 15.5. The Labute approximate surface area is 177 Å². The van der Waals surface area contributed by atoms with Gasteiger partial charge in [-0.1, -0.05) is 41.9 Å². The van der Waals surface area contributed by atoms with Gasteiger partial charge < -0.3 is 5.32 Å². The van der Waals surface area contributed by atoms with E-state index in [0.717, 1.165) is 35.9 Å². The van der Waals surface area contributed by atoms with Crippen LogP contribution in [0.2, 0.25) is 5.02 Å². The van der Waals surface area contributed by atoms with Gasteiger partial charge in [0, 0.05) is 5.69 Å². The molecule has 0 unspecified atom stereocenters. The average molecular weight is 451 g/mol. The first-order chi connectivity index (χ1) is 14.2. The Bertz CT molecular complexity index is 1140. The van der Waals surface area contributed by atoms with E-state index in [9.17, 15) is 22.0 Å². The summed E-state index contributed by atoms with van der Waals surface area (Å²) in [4.78, 5) is 12.7. The summed E-state index contributed by atoms with van der Waals surface area (Å²) < 4.78 is 54.3. The Balaban J connectivity index is 1.86. The highest BCUT2D eigenvalue weighted by Crippen LogP contribution is 2.20. The number of rotatable bonds is 7. The number of sulfonamides is 1. The van der Waals surface area contributed by atoms with Crippen LogP contribution in [0, 0.1) is 11.6 Å². The van der Waals surface area contributed by atoms with Crippen LogP contribution in [0.4, 0.5) is 14.5 Å². The maximum absolute atomic E-state index is 13.4. The minimum Gasteiger partial charge on any atom is -0.325 e. The lowest BCUT2D eigenvalue weighted by molar-refractivity contribution is -0.117. The van der Waals surface area contributed by atoms with E-state index in [4.69, 9.17) is 11.6 Å². The minimum atomic E-state index is -4.11. The molecule has 0 saturated heterocycles. The summed E-state index contributed by atoms with van der Waals surface area (Å²) in [5, 5.41) is 2.36. The highest BCUT2D eigenvalue weighted by Gasteiger charge is 2.26. The fourth-order valence-corrected chi connectivity index (χ4v) is 4.09. The van der Waals surface area contributed by atoms with Crippen LogP contribution in [-0.4, -0.2) is 20.4 Å². The number of carbonyl (C=O) groups excluding carboxylic acids is 1. The molecular formula is C21H17ClF2N2O3S.